The van der Waals surface area contributed by atoms with Gasteiger partial charge in [-0.2, -0.15) is 0 Å². The van der Waals surface area contributed by atoms with Crippen molar-refractivity contribution in [2.24, 2.45) is 0 Å². The summed E-state index contributed by atoms with van der Waals surface area (Å²) in [6.45, 7) is 4.23. The molecule has 0 N–H and O–H groups in total. The summed E-state index contributed by atoms with van der Waals surface area (Å²) in [4.78, 5) is 4.18. The highest BCUT2D eigenvalue weighted by Gasteiger charge is 2.30. The number of pyridine rings is 1. The zero-order valence-electron chi connectivity index (χ0n) is 9.87. The molecule has 2 heterocycles. The zero-order valence-corrected chi connectivity index (χ0v) is 10.8. The van der Waals surface area contributed by atoms with Crippen molar-refractivity contribution in [3.05, 3.63) is 30.6 Å². The van der Waals surface area contributed by atoms with Crippen molar-refractivity contribution in [1.82, 2.24) is 9.38 Å². The van der Waals surface area contributed by atoms with Crippen molar-refractivity contribution in [3.63, 3.8) is 0 Å². The van der Waals surface area contributed by atoms with E-state index in [1.54, 1.807) is 30.6 Å². The molecule has 0 saturated carbocycles. The molecule has 0 radical (unpaired) electrons. The smallest absolute Gasteiger partial charge is 0.304 e. The Labute approximate surface area is 99.9 Å². The second-order valence-electron chi connectivity index (χ2n) is 3.38. The number of hydrogen-bond acceptors (Lipinski definition) is 4. The van der Waals surface area contributed by atoms with Crippen LogP contribution in [0.15, 0.2) is 30.6 Å². The molecule has 0 fully saturated rings. The van der Waals surface area contributed by atoms with Crippen molar-refractivity contribution in [2.75, 3.05) is 13.2 Å². The minimum atomic E-state index is -3.27. The molecule has 0 amide bonds. The topological polar surface area (TPSA) is 52.8 Å². The summed E-state index contributed by atoms with van der Waals surface area (Å²) >= 11 is 0. The fraction of sp³-hybridized carbons (Fsp3) is 0.364. The van der Waals surface area contributed by atoms with E-state index in [9.17, 15) is 4.57 Å². The third-order valence-electron chi connectivity index (χ3n) is 2.28. The van der Waals surface area contributed by atoms with Gasteiger partial charge < -0.3 is 9.05 Å². The first kappa shape index (κ1) is 12.3. The van der Waals surface area contributed by atoms with Crippen LogP contribution in [-0.2, 0) is 13.6 Å². The molecule has 0 aliphatic carbocycles. The SMILES string of the molecule is CCOP(=O)(OCC)c1cnc2ccccn12. The standard InChI is InChI=1S/C11H15N2O3P/c1-3-15-17(14,16-4-2)11-9-12-10-7-5-6-8-13(10)11/h5-9H,3-4H2,1-2H3. The van der Waals surface area contributed by atoms with E-state index < -0.39 is 7.60 Å². The fourth-order valence-electron chi connectivity index (χ4n) is 1.63. The first-order chi connectivity index (χ1) is 8.21. The molecule has 0 aromatic carbocycles. The summed E-state index contributed by atoms with van der Waals surface area (Å²) in [7, 11) is -3.27. The molecule has 6 heteroatoms. The molecule has 17 heavy (non-hydrogen) atoms. The minimum Gasteiger partial charge on any atom is -0.304 e. The van der Waals surface area contributed by atoms with Crippen molar-refractivity contribution < 1.29 is 13.6 Å². The lowest BCUT2D eigenvalue weighted by atomic mass is 10.5. The Bertz CT molecular complexity index is 542. The third-order valence-corrected chi connectivity index (χ3v) is 4.36. The molecule has 0 saturated heterocycles. The number of nitrogens with zero attached hydrogens (tertiary/aromatic N) is 2. The average molecular weight is 254 g/mol. The van der Waals surface area contributed by atoms with E-state index >= 15 is 0 Å². The van der Waals surface area contributed by atoms with Crippen LogP contribution in [0.5, 0.6) is 0 Å². The van der Waals surface area contributed by atoms with E-state index in [0.29, 0.717) is 18.6 Å². The van der Waals surface area contributed by atoms with Gasteiger partial charge in [-0.15, -0.1) is 0 Å². The molecule has 0 unspecified atom stereocenters. The largest absolute Gasteiger partial charge is 0.379 e. The van der Waals surface area contributed by atoms with Gasteiger partial charge in [0.1, 0.15) is 5.65 Å². The van der Waals surface area contributed by atoms with Crippen molar-refractivity contribution in [1.29, 1.82) is 0 Å². The maximum atomic E-state index is 12.6. The fourth-order valence-corrected chi connectivity index (χ4v) is 3.28. The molecular formula is C11H15N2O3P. The molecule has 2 rings (SSSR count). The maximum Gasteiger partial charge on any atom is 0.379 e. The van der Waals surface area contributed by atoms with Gasteiger partial charge in [-0.05, 0) is 26.0 Å². The van der Waals surface area contributed by atoms with Crippen molar-refractivity contribution >= 4 is 18.7 Å². The average Bonchev–Trinajstić information content (AvgIpc) is 2.74. The van der Waals surface area contributed by atoms with Gasteiger partial charge in [0.05, 0.1) is 19.4 Å². The van der Waals surface area contributed by atoms with E-state index in [1.807, 2.05) is 18.2 Å². The summed E-state index contributed by atoms with van der Waals surface area (Å²) < 4.78 is 24.9. The van der Waals surface area contributed by atoms with Gasteiger partial charge in [-0.1, -0.05) is 6.07 Å². The van der Waals surface area contributed by atoms with E-state index in [2.05, 4.69) is 4.98 Å². The second-order valence-corrected chi connectivity index (χ2v) is 5.35. The Balaban J connectivity index is 2.52. The van der Waals surface area contributed by atoms with E-state index in [4.69, 9.17) is 9.05 Å². The molecule has 0 aliphatic heterocycles. The Morgan fingerprint density at radius 2 is 2.00 bits per heavy atom. The van der Waals surface area contributed by atoms with Crippen LogP contribution in [0, 0.1) is 0 Å². The Morgan fingerprint density at radius 1 is 1.29 bits per heavy atom. The molecule has 2 aromatic rings. The molecule has 5 nitrogen and oxygen atoms in total. The predicted molar refractivity (Wildman–Crippen MR) is 65.7 cm³/mol. The molecule has 0 spiro atoms. The number of aromatic nitrogens is 2. The van der Waals surface area contributed by atoms with Crippen LogP contribution in [0.25, 0.3) is 5.65 Å². The number of hydrogen-bond donors (Lipinski definition) is 0. The summed E-state index contributed by atoms with van der Waals surface area (Å²) in [5, 5.41) is 0. The van der Waals surface area contributed by atoms with Crippen LogP contribution in [0.2, 0.25) is 0 Å². The highest BCUT2D eigenvalue weighted by Crippen LogP contribution is 2.46. The van der Waals surface area contributed by atoms with Crippen LogP contribution in [0.4, 0.5) is 0 Å². The lowest BCUT2D eigenvalue weighted by Crippen LogP contribution is -2.15. The minimum absolute atomic E-state index is 0.331. The molecule has 92 valence electrons. The zero-order chi connectivity index (χ0) is 12.3. The van der Waals surface area contributed by atoms with Gasteiger partial charge in [0.25, 0.3) is 0 Å². The number of fused-ring (bicyclic) bond motifs is 1. The van der Waals surface area contributed by atoms with Gasteiger partial charge in [0, 0.05) is 6.20 Å². The van der Waals surface area contributed by atoms with Crippen LogP contribution >= 0.6 is 7.60 Å². The molecule has 2 aromatic heterocycles. The quantitative estimate of drug-likeness (QED) is 0.768. The summed E-state index contributed by atoms with van der Waals surface area (Å²) in [6.07, 6.45) is 3.34. The highest BCUT2D eigenvalue weighted by atomic mass is 31.2. The normalized spacial score (nSPS) is 12.1. The first-order valence-electron chi connectivity index (χ1n) is 5.53. The third kappa shape index (κ3) is 2.27. The molecule has 0 atom stereocenters. The molecule has 0 aliphatic rings. The Morgan fingerprint density at radius 3 is 2.65 bits per heavy atom. The van der Waals surface area contributed by atoms with Gasteiger partial charge in [-0.25, -0.2) is 4.98 Å². The molecule has 0 bridgehead atoms. The van der Waals surface area contributed by atoms with Crippen LogP contribution in [0.1, 0.15) is 13.8 Å². The van der Waals surface area contributed by atoms with E-state index in [1.165, 1.54) is 0 Å². The summed E-state index contributed by atoms with van der Waals surface area (Å²) in [5.74, 6) is 0. The predicted octanol–water partition coefficient (Wildman–Crippen LogP) is 2.23. The lowest BCUT2D eigenvalue weighted by molar-refractivity contribution is 0.229. The second kappa shape index (κ2) is 5.00. The molecular weight excluding hydrogens is 239 g/mol. The highest BCUT2D eigenvalue weighted by molar-refractivity contribution is 7.62. The van der Waals surface area contributed by atoms with Gasteiger partial charge >= 0.3 is 7.60 Å². The van der Waals surface area contributed by atoms with Gasteiger partial charge in [0.2, 0.25) is 0 Å². The summed E-state index contributed by atoms with van der Waals surface area (Å²) in [5.41, 5.74) is 1.19. The number of rotatable bonds is 5. The Kier molecular flexibility index (Phi) is 3.62. The maximum absolute atomic E-state index is 12.6. The first-order valence-corrected chi connectivity index (χ1v) is 7.07. The van der Waals surface area contributed by atoms with Crippen LogP contribution in [0.3, 0.4) is 0 Å². The van der Waals surface area contributed by atoms with Gasteiger partial charge in [-0.3, -0.25) is 8.97 Å². The van der Waals surface area contributed by atoms with E-state index in [-0.39, 0.29) is 0 Å². The monoisotopic (exact) mass is 254 g/mol. The Hall–Kier alpha value is -1.16. The van der Waals surface area contributed by atoms with Crippen LogP contribution < -0.4 is 5.44 Å². The van der Waals surface area contributed by atoms with Gasteiger partial charge in [0.15, 0.2) is 5.44 Å². The lowest BCUT2D eigenvalue weighted by Gasteiger charge is -2.16. The number of imidazole rings is 1. The van der Waals surface area contributed by atoms with Crippen molar-refractivity contribution in [2.45, 2.75) is 13.8 Å². The van der Waals surface area contributed by atoms with Crippen molar-refractivity contribution in [3.8, 4) is 0 Å². The van der Waals surface area contributed by atoms with Crippen LogP contribution in [-0.4, -0.2) is 22.6 Å². The van der Waals surface area contributed by atoms with E-state index in [0.717, 1.165) is 5.65 Å². The summed E-state index contributed by atoms with van der Waals surface area (Å²) in [6, 6.07) is 5.56.